The Bertz CT molecular complexity index is 1020. The van der Waals surface area contributed by atoms with Gasteiger partial charge in [-0.25, -0.2) is 9.59 Å². The molecule has 0 spiro atoms. The first-order valence-electron chi connectivity index (χ1n) is 9.66. The monoisotopic (exact) mass is 434 g/mol. The normalized spacial score (nSPS) is 10.7. The minimum absolute atomic E-state index is 0.00264. The Morgan fingerprint density at radius 2 is 1.23 bits per heavy atom. The summed E-state index contributed by atoms with van der Waals surface area (Å²) in [5.74, 6) is -3.15. The number of rotatable bonds is 10. The SMILES string of the molecule is CC(=O)OCCc1c(Cc2[nH]c(C(=O)O)c(CCOC(C)=O)c2C)[nH]c(C(=O)O)c1C. The summed E-state index contributed by atoms with van der Waals surface area (Å²) in [6, 6.07) is 0. The Morgan fingerprint density at radius 1 is 0.742 bits per heavy atom. The molecule has 2 rings (SSSR count). The molecule has 0 saturated carbocycles. The van der Waals surface area contributed by atoms with Gasteiger partial charge in [0.2, 0.25) is 0 Å². The van der Waals surface area contributed by atoms with E-state index in [2.05, 4.69) is 9.97 Å². The van der Waals surface area contributed by atoms with Crippen LogP contribution in [-0.4, -0.2) is 57.3 Å². The lowest BCUT2D eigenvalue weighted by Gasteiger charge is -2.07. The lowest BCUT2D eigenvalue weighted by atomic mass is 10.0. The second-order valence-electron chi connectivity index (χ2n) is 7.13. The average Bonchev–Trinajstić information content (AvgIpc) is 3.14. The van der Waals surface area contributed by atoms with Crippen molar-refractivity contribution in [3.63, 3.8) is 0 Å². The van der Waals surface area contributed by atoms with Gasteiger partial charge in [0.1, 0.15) is 11.4 Å². The number of nitrogens with one attached hydrogen (secondary N) is 2. The lowest BCUT2D eigenvalue weighted by molar-refractivity contribution is -0.141. The number of hydrogen-bond donors (Lipinski definition) is 4. The van der Waals surface area contributed by atoms with Crippen LogP contribution in [-0.2, 0) is 38.3 Å². The predicted molar refractivity (Wildman–Crippen MR) is 108 cm³/mol. The van der Waals surface area contributed by atoms with Crippen molar-refractivity contribution in [1.82, 2.24) is 9.97 Å². The Morgan fingerprint density at radius 3 is 1.71 bits per heavy atom. The maximum Gasteiger partial charge on any atom is 0.352 e. The number of esters is 2. The van der Waals surface area contributed by atoms with E-state index in [0.717, 1.165) is 0 Å². The summed E-state index contributed by atoms with van der Waals surface area (Å²) in [7, 11) is 0. The topological polar surface area (TPSA) is 159 Å². The van der Waals surface area contributed by atoms with E-state index in [-0.39, 0.29) is 37.4 Å². The van der Waals surface area contributed by atoms with E-state index >= 15 is 0 Å². The summed E-state index contributed by atoms with van der Waals surface area (Å²) < 4.78 is 9.92. The Kier molecular flexibility index (Phi) is 7.62. The molecule has 0 fully saturated rings. The van der Waals surface area contributed by atoms with Crippen LogP contribution < -0.4 is 0 Å². The molecular formula is C21H26N2O8. The van der Waals surface area contributed by atoms with Gasteiger partial charge in [-0.2, -0.15) is 0 Å². The van der Waals surface area contributed by atoms with E-state index < -0.39 is 23.9 Å². The molecule has 0 aliphatic rings. The Balaban J connectivity index is 2.39. The molecule has 4 N–H and O–H groups in total. The number of carboxylic acids is 2. The number of carbonyl (C=O) groups is 4. The van der Waals surface area contributed by atoms with Crippen molar-refractivity contribution in [2.24, 2.45) is 0 Å². The first-order valence-corrected chi connectivity index (χ1v) is 9.66. The lowest BCUT2D eigenvalue weighted by Crippen LogP contribution is -2.07. The Labute approximate surface area is 178 Å². The molecular weight excluding hydrogens is 408 g/mol. The minimum Gasteiger partial charge on any atom is -0.477 e. The minimum atomic E-state index is -1.14. The molecule has 10 nitrogen and oxygen atoms in total. The zero-order valence-electron chi connectivity index (χ0n) is 17.9. The first-order chi connectivity index (χ1) is 14.5. The van der Waals surface area contributed by atoms with Crippen molar-refractivity contribution in [3.8, 4) is 0 Å². The van der Waals surface area contributed by atoms with Crippen molar-refractivity contribution < 1.29 is 38.9 Å². The standard InChI is InChI=1S/C21H26N2O8/c1-10-15(6-8-31-13(4)25)19(21(28)29)22-16(10)9-17-14(5-7-30-12(3)24)11(2)18(23-17)20(26)27/h22-23H,5-9H2,1-4H3,(H,26,27)(H,28,29). The third-order valence-electron chi connectivity index (χ3n) is 5.05. The molecule has 0 radical (unpaired) electrons. The quantitative estimate of drug-likeness (QED) is 0.414. The molecule has 0 saturated heterocycles. The number of H-pyrrole nitrogens is 2. The van der Waals surface area contributed by atoms with Gasteiger partial charge in [0.25, 0.3) is 0 Å². The number of ether oxygens (including phenoxy) is 2. The van der Waals surface area contributed by atoms with Gasteiger partial charge in [0.05, 0.1) is 13.2 Å². The van der Waals surface area contributed by atoms with E-state index in [1.807, 2.05) is 0 Å². The van der Waals surface area contributed by atoms with Crippen molar-refractivity contribution >= 4 is 23.9 Å². The molecule has 0 aliphatic carbocycles. The van der Waals surface area contributed by atoms with Crippen LogP contribution >= 0.6 is 0 Å². The summed E-state index contributed by atoms with van der Waals surface area (Å²) in [6.45, 7) is 6.14. The molecule has 2 heterocycles. The average molecular weight is 434 g/mol. The highest BCUT2D eigenvalue weighted by atomic mass is 16.5. The van der Waals surface area contributed by atoms with Gasteiger partial charge in [0, 0.05) is 44.5 Å². The number of carbonyl (C=O) groups excluding carboxylic acids is 2. The van der Waals surface area contributed by atoms with Crippen LogP contribution in [0.5, 0.6) is 0 Å². The van der Waals surface area contributed by atoms with Crippen molar-refractivity contribution in [3.05, 3.63) is 45.0 Å². The second kappa shape index (κ2) is 9.96. The highest BCUT2D eigenvalue weighted by molar-refractivity contribution is 5.89. The van der Waals surface area contributed by atoms with E-state index in [0.29, 0.717) is 40.1 Å². The van der Waals surface area contributed by atoms with Crippen LogP contribution in [0.4, 0.5) is 0 Å². The molecule has 0 amide bonds. The number of hydrogen-bond acceptors (Lipinski definition) is 6. The van der Waals surface area contributed by atoms with Crippen LogP contribution in [0.15, 0.2) is 0 Å². The number of carboxylic acid groups (broad SMARTS) is 2. The van der Waals surface area contributed by atoms with Gasteiger partial charge in [-0.15, -0.1) is 0 Å². The van der Waals surface area contributed by atoms with Gasteiger partial charge >= 0.3 is 23.9 Å². The molecule has 10 heteroatoms. The van der Waals surface area contributed by atoms with E-state index in [1.54, 1.807) is 13.8 Å². The van der Waals surface area contributed by atoms with Crippen LogP contribution in [0, 0.1) is 13.8 Å². The summed E-state index contributed by atoms with van der Waals surface area (Å²) in [6.07, 6.45) is 0.769. The molecule has 0 unspecified atom stereocenters. The predicted octanol–water partition coefficient (Wildman–Crippen LogP) is 2.16. The molecule has 168 valence electrons. The molecule has 0 aromatic carbocycles. The zero-order chi connectivity index (χ0) is 23.3. The van der Waals surface area contributed by atoms with Gasteiger partial charge in [-0.3, -0.25) is 9.59 Å². The molecule has 31 heavy (non-hydrogen) atoms. The van der Waals surface area contributed by atoms with Crippen LogP contribution in [0.1, 0.15) is 68.5 Å². The molecule has 0 aliphatic heterocycles. The molecule has 0 atom stereocenters. The second-order valence-corrected chi connectivity index (χ2v) is 7.13. The molecule has 2 aromatic rings. The van der Waals surface area contributed by atoms with Gasteiger partial charge in [-0.05, 0) is 36.1 Å². The fourth-order valence-electron chi connectivity index (χ4n) is 3.53. The van der Waals surface area contributed by atoms with Gasteiger partial charge in [0.15, 0.2) is 0 Å². The zero-order valence-corrected chi connectivity index (χ0v) is 17.9. The summed E-state index contributed by atoms with van der Waals surface area (Å²) in [4.78, 5) is 51.1. The molecule has 0 bridgehead atoms. The summed E-state index contributed by atoms with van der Waals surface area (Å²) >= 11 is 0. The third kappa shape index (κ3) is 5.74. The fraction of sp³-hybridized carbons (Fsp3) is 0.429. The summed E-state index contributed by atoms with van der Waals surface area (Å²) in [5, 5.41) is 19.0. The maximum absolute atomic E-state index is 11.7. The first kappa shape index (κ1) is 23.7. The van der Waals surface area contributed by atoms with Crippen LogP contribution in [0.2, 0.25) is 0 Å². The van der Waals surface area contributed by atoms with E-state index in [1.165, 1.54) is 13.8 Å². The Hall–Kier alpha value is -3.56. The van der Waals surface area contributed by atoms with Crippen molar-refractivity contribution in [2.45, 2.75) is 47.0 Å². The van der Waals surface area contributed by atoms with Crippen LogP contribution in [0.3, 0.4) is 0 Å². The smallest absolute Gasteiger partial charge is 0.352 e. The van der Waals surface area contributed by atoms with Crippen LogP contribution in [0.25, 0.3) is 0 Å². The van der Waals surface area contributed by atoms with Crippen molar-refractivity contribution in [1.29, 1.82) is 0 Å². The number of aromatic amines is 2. The largest absolute Gasteiger partial charge is 0.477 e. The maximum atomic E-state index is 11.7. The molecule has 2 aromatic heterocycles. The van der Waals surface area contributed by atoms with Gasteiger partial charge < -0.3 is 29.7 Å². The number of aromatic carboxylic acids is 2. The van der Waals surface area contributed by atoms with E-state index in [9.17, 15) is 29.4 Å². The highest BCUT2D eigenvalue weighted by Gasteiger charge is 2.23. The summed E-state index contributed by atoms with van der Waals surface area (Å²) in [5.41, 5.74) is 3.68. The van der Waals surface area contributed by atoms with E-state index in [4.69, 9.17) is 9.47 Å². The van der Waals surface area contributed by atoms with Crippen molar-refractivity contribution in [2.75, 3.05) is 13.2 Å². The fourth-order valence-corrected chi connectivity index (χ4v) is 3.53. The van der Waals surface area contributed by atoms with Gasteiger partial charge in [-0.1, -0.05) is 0 Å². The highest BCUT2D eigenvalue weighted by Crippen LogP contribution is 2.26. The number of aromatic nitrogens is 2. The third-order valence-corrected chi connectivity index (χ3v) is 5.05.